The molecule has 0 bridgehead atoms. The summed E-state index contributed by atoms with van der Waals surface area (Å²) in [7, 11) is 1.30. The predicted octanol–water partition coefficient (Wildman–Crippen LogP) is 0.255. The second-order valence-corrected chi connectivity index (χ2v) is 2.64. The van der Waals surface area contributed by atoms with Crippen molar-refractivity contribution in [2.75, 3.05) is 13.7 Å². The highest BCUT2D eigenvalue weighted by molar-refractivity contribution is 5.80. The molecule has 0 aliphatic carbocycles. The van der Waals surface area contributed by atoms with Gasteiger partial charge >= 0.3 is 5.97 Å². The molecule has 0 aromatic rings. The molecule has 0 radical (unpaired) electrons. The summed E-state index contributed by atoms with van der Waals surface area (Å²) in [5.74, 6) is 4.85. The zero-order chi connectivity index (χ0) is 11.6. The largest absolute Gasteiger partial charge is 0.468 e. The molecule has 0 rings (SSSR count). The van der Waals surface area contributed by atoms with E-state index in [0.29, 0.717) is 0 Å². The molecule has 4 heteroatoms. The van der Waals surface area contributed by atoms with Crippen molar-refractivity contribution in [1.29, 1.82) is 0 Å². The Morgan fingerprint density at radius 3 is 2.29 bits per heavy atom. The lowest BCUT2D eigenvalue weighted by Gasteiger charge is -2.17. The van der Waals surface area contributed by atoms with E-state index in [0.717, 1.165) is 0 Å². The Bertz CT molecular complexity index is 214. The molecule has 0 fully saturated rings. The van der Waals surface area contributed by atoms with Gasteiger partial charge in [-0.3, -0.25) is 4.79 Å². The first-order chi connectivity index (χ1) is 6.54. The first-order valence-electron chi connectivity index (χ1n) is 4.57. The van der Waals surface area contributed by atoms with Crippen molar-refractivity contribution >= 4 is 5.97 Å². The lowest BCUT2D eigenvalue weighted by Crippen LogP contribution is -2.45. The molecular formula is C10H20N2O2. The molecule has 14 heavy (non-hydrogen) atoms. The van der Waals surface area contributed by atoms with Crippen molar-refractivity contribution in [3.63, 3.8) is 0 Å². The van der Waals surface area contributed by atoms with E-state index < -0.39 is 11.5 Å². The molecule has 0 aliphatic rings. The highest BCUT2D eigenvalue weighted by atomic mass is 16.5. The third kappa shape index (κ3) is 6.46. The molecular weight excluding hydrogens is 180 g/mol. The maximum Gasteiger partial charge on any atom is 0.326 e. The van der Waals surface area contributed by atoms with Crippen molar-refractivity contribution in [3.05, 3.63) is 0 Å². The van der Waals surface area contributed by atoms with E-state index >= 15 is 0 Å². The van der Waals surface area contributed by atoms with Crippen LogP contribution in [0.2, 0.25) is 0 Å². The van der Waals surface area contributed by atoms with Gasteiger partial charge in [-0.25, -0.2) is 0 Å². The van der Waals surface area contributed by atoms with E-state index in [1.165, 1.54) is 7.11 Å². The van der Waals surface area contributed by atoms with Gasteiger partial charge in [0.2, 0.25) is 0 Å². The minimum absolute atomic E-state index is 0.261. The molecule has 0 heterocycles. The summed E-state index contributed by atoms with van der Waals surface area (Å²) >= 11 is 0. The Balaban J connectivity index is 0. The van der Waals surface area contributed by atoms with Crippen LogP contribution in [0.3, 0.4) is 0 Å². The van der Waals surface area contributed by atoms with Gasteiger partial charge in [0.15, 0.2) is 0 Å². The Hall–Kier alpha value is -1.05. The second-order valence-electron chi connectivity index (χ2n) is 2.64. The molecule has 4 N–H and O–H groups in total. The standard InChI is InChI=1S/C8H14N2O2.C2H6/c1-8(10,7(11)12-2)5-3-4-6-9;1-2/h5-6,9-10H2,1-2H3;1-2H3. The van der Waals surface area contributed by atoms with Crippen LogP contribution in [0.1, 0.15) is 27.2 Å². The van der Waals surface area contributed by atoms with Crippen molar-refractivity contribution in [2.45, 2.75) is 32.7 Å². The molecule has 0 aromatic heterocycles. The first-order valence-corrected chi connectivity index (χ1v) is 4.57. The molecule has 0 amide bonds. The molecule has 0 saturated carbocycles. The van der Waals surface area contributed by atoms with Gasteiger partial charge in [-0.15, -0.1) is 0 Å². The van der Waals surface area contributed by atoms with Crippen LogP contribution < -0.4 is 11.5 Å². The predicted molar refractivity (Wildman–Crippen MR) is 57.4 cm³/mol. The molecule has 82 valence electrons. The zero-order valence-corrected chi connectivity index (χ0v) is 9.39. The topological polar surface area (TPSA) is 78.3 Å². The highest BCUT2D eigenvalue weighted by Gasteiger charge is 2.27. The van der Waals surface area contributed by atoms with Crippen molar-refractivity contribution in [3.8, 4) is 11.8 Å². The van der Waals surface area contributed by atoms with Gasteiger partial charge in [-0.05, 0) is 6.92 Å². The number of hydrogen-bond acceptors (Lipinski definition) is 4. The highest BCUT2D eigenvalue weighted by Crippen LogP contribution is 2.05. The van der Waals surface area contributed by atoms with E-state index in [1.54, 1.807) is 6.92 Å². The van der Waals surface area contributed by atoms with Gasteiger partial charge in [0.25, 0.3) is 0 Å². The van der Waals surface area contributed by atoms with E-state index in [2.05, 4.69) is 16.6 Å². The van der Waals surface area contributed by atoms with Crippen LogP contribution in [0, 0.1) is 11.8 Å². The quantitative estimate of drug-likeness (QED) is 0.495. The smallest absolute Gasteiger partial charge is 0.326 e. The zero-order valence-electron chi connectivity index (χ0n) is 9.39. The van der Waals surface area contributed by atoms with Crippen molar-refractivity contribution in [2.24, 2.45) is 11.5 Å². The number of carbonyl (C=O) groups excluding carboxylic acids is 1. The number of esters is 1. The van der Waals surface area contributed by atoms with Gasteiger partial charge < -0.3 is 16.2 Å². The first kappa shape index (κ1) is 15.4. The Morgan fingerprint density at radius 2 is 1.93 bits per heavy atom. The number of carbonyl (C=O) groups is 1. The number of hydrogen-bond donors (Lipinski definition) is 2. The second kappa shape index (κ2) is 8.54. The summed E-state index contributed by atoms with van der Waals surface area (Å²) in [6.45, 7) is 5.85. The summed E-state index contributed by atoms with van der Waals surface area (Å²) in [6, 6.07) is 0. The third-order valence-corrected chi connectivity index (χ3v) is 1.33. The summed E-state index contributed by atoms with van der Waals surface area (Å²) in [5.41, 5.74) is 9.70. The maximum absolute atomic E-state index is 11.0. The van der Waals surface area contributed by atoms with Gasteiger partial charge in [-0.2, -0.15) is 0 Å². The van der Waals surface area contributed by atoms with Crippen molar-refractivity contribution < 1.29 is 9.53 Å². The monoisotopic (exact) mass is 200 g/mol. The Labute approximate surface area is 86.0 Å². The summed E-state index contributed by atoms with van der Waals surface area (Å²) in [5, 5.41) is 0. The molecule has 0 saturated heterocycles. The van der Waals surface area contributed by atoms with Gasteiger partial charge in [0, 0.05) is 6.42 Å². The Kier molecular flexibility index (Phi) is 9.41. The van der Waals surface area contributed by atoms with Crippen LogP contribution in [0.4, 0.5) is 0 Å². The normalized spacial score (nSPS) is 12.4. The number of methoxy groups -OCH3 is 1. The van der Waals surface area contributed by atoms with E-state index in [4.69, 9.17) is 11.5 Å². The van der Waals surface area contributed by atoms with E-state index in [9.17, 15) is 4.79 Å². The summed E-state index contributed by atoms with van der Waals surface area (Å²) in [6.07, 6.45) is 0.261. The lowest BCUT2D eigenvalue weighted by atomic mass is 10.0. The van der Waals surface area contributed by atoms with Crippen LogP contribution in [0.25, 0.3) is 0 Å². The fourth-order valence-electron chi connectivity index (χ4n) is 0.624. The van der Waals surface area contributed by atoms with Gasteiger partial charge in [0.1, 0.15) is 5.54 Å². The SMILES string of the molecule is CC.COC(=O)C(C)(N)CC#CCN. The molecule has 1 atom stereocenters. The van der Waals surface area contributed by atoms with Crippen LogP contribution >= 0.6 is 0 Å². The molecule has 0 aromatic carbocycles. The minimum Gasteiger partial charge on any atom is -0.468 e. The molecule has 4 nitrogen and oxygen atoms in total. The van der Waals surface area contributed by atoms with Crippen LogP contribution in [0.15, 0.2) is 0 Å². The molecule has 0 aliphatic heterocycles. The summed E-state index contributed by atoms with van der Waals surface area (Å²) in [4.78, 5) is 11.0. The van der Waals surface area contributed by atoms with E-state index in [-0.39, 0.29) is 13.0 Å². The van der Waals surface area contributed by atoms with Gasteiger partial charge in [-0.1, -0.05) is 25.7 Å². The fourth-order valence-corrected chi connectivity index (χ4v) is 0.624. The lowest BCUT2D eigenvalue weighted by molar-refractivity contribution is -0.146. The molecule has 0 spiro atoms. The van der Waals surface area contributed by atoms with E-state index in [1.807, 2.05) is 13.8 Å². The fraction of sp³-hybridized carbons (Fsp3) is 0.700. The van der Waals surface area contributed by atoms with Crippen LogP contribution in [0.5, 0.6) is 0 Å². The number of rotatable bonds is 2. The van der Waals surface area contributed by atoms with Crippen LogP contribution in [-0.2, 0) is 9.53 Å². The minimum atomic E-state index is -1.03. The Morgan fingerprint density at radius 1 is 1.43 bits per heavy atom. The third-order valence-electron chi connectivity index (χ3n) is 1.33. The maximum atomic E-state index is 11.0. The summed E-state index contributed by atoms with van der Waals surface area (Å²) < 4.78 is 4.48. The van der Waals surface area contributed by atoms with Crippen LogP contribution in [-0.4, -0.2) is 25.2 Å². The average Bonchev–Trinajstić information content (AvgIpc) is 2.20. The average molecular weight is 200 g/mol. The number of ether oxygens (including phenoxy) is 1. The van der Waals surface area contributed by atoms with Crippen molar-refractivity contribution in [1.82, 2.24) is 0 Å². The molecule has 1 unspecified atom stereocenters. The van der Waals surface area contributed by atoms with Gasteiger partial charge in [0.05, 0.1) is 13.7 Å². The number of nitrogens with two attached hydrogens (primary N) is 2.